The van der Waals surface area contributed by atoms with Gasteiger partial charge in [0.1, 0.15) is 5.75 Å². The lowest BCUT2D eigenvalue weighted by atomic mass is 10.1. The minimum Gasteiger partial charge on any atom is -0.496 e. The van der Waals surface area contributed by atoms with E-state index in [0.29, 0.717) is 30.2 Å². The minimum atomic E-state index is -0.173. The number of thioether (sulfide) groups is 1. The molecule has 0 saturated heterocycles. The SMILES string of the molecule is COc1ccccc1C(=O)NCCn1cc(SCC(=O)Nc2cccc3ccccc23)c2ccccc21. The molecule has 186 valence electrons. The molecule has 0 aliphatic carbocycles. The van der Waals surface area contributed by atoms with E-state index in [1.165, 1.54) is 11.8 Å². The van der Waals surface area contributed by atoms with Crippen LogP contribution in [0.4, 0.5) is 5.69 Å². The van der Waals surface area contributed by atoms with Crippen molar-refractivity contribution in [1.82, 2.24) is 9.88 Å². The maximum atomic E-state index is 12.8. The number of carbonyl (C=O) groups excluding carboxylic acids is 2. The maximum absolute atomic E-state index is 12.8. The fourth-order valence-electron chi connectivity index (χ4n) is 4.39. The lowest BCUT2D eigenvalue weighted by Gasteiger charge is -2.10. The van der Waals surface area contributed by atoms with E-state index in [4.69, 9.17) is 4.74 Å². The van der Waals surface area contributed by atoms with Gasteiger partial charge in [0.2, 0.25) is 5.91 Å². The van der Waals surface area contributed by atoms with Gasteiger partial charge in [-0.2, -0.15) is 0 Å². The summed E-state index contributed by atoms with van der Waals surface area (Å²) in [4.78, 5) is 26.5. The van der Waals surface area contributed by atoms with Gasteiger partial charge in [-0.3, -0.25) is 9.59 Å². The van der Waals surface area contributed by atoms with E-state index in [1.807, 2.05) is 66.7 Å². The summed E-state index contributed by atoms with van der Waals surface area (Å²) in [6, 6.07) is 29.2. The van der Waals surface area contributed by atoms with Crippen LogP contribution in [0.1, 0.15) is 10.4 Å². The van der Waals surface area contributed by atoms with E-state index in [1.54, 1.807) is 19.2 Å². The van der Waals surface area contributed by atoms with Gasteiger partial charge in [-0.05, 0) is 29.7 Å². The Morgan fingerprint density at radius 2 is 1.59 bits per heavy atom. The fraction of sp³-hybridized carbons (Fsp3) is 0.133. The molecule has 2 amide bonds. The predicted molar refractivity (Wildman–Crippen MR) is 151 cm³/mol. The Morgan fingerprint density at radius 1 is 0.865 bits per heavy atom. The van der Waals surface area contributed by atoms with Gasteiger partial charge < -0.3 is 19.9 Å². The first-order valence-corrected chi connectivity index (χ1v) is 13.0. The third-order valence-corrected chi connectivity index (χ3v) is 7.21. The van der Waals surface area contributed by atoms with Crippen LogP contribution in [0, 0.1) is 0 Å². The number of amides is 2. The summed E-state index contributed by atoms with van der Waals surface area (Å²) in [6.07, 6.45) is 2.05. The highest BCUT2D eigenvalue weighted by molar-refractivity contribution is 8.00. The third kappa shape index (κ3) is 5.47. The van der Waals surface area contributed by atoms with E-state index < -0.39 is 0 Å². The molecule has 0 unspecified atom stereocenters. The second kappa shape index (κ2) is 11.2. The van der Waals surface area contributed by atoms with Crippen molar-refractivity contribution in [1.29, 1.82) is 0 Å². The lowest BCUT2D eigenvalue weighted by Crippen LogP contribution is -2.27. The second-order valence-corrected chi connectivity index (χ2v) is 9.54. The summed E-state index contributed by atoms with van der Waals surface area (Å²) in [5.74, 6) is 0.615. The van der Waals surface area contributed by atoms with E-state index in [2.05, 4.69) is 33.5 Å². The van der Waals surface area contributed by atoms with Gasteiger partial charge in [-0.1, -0.05) is 66.7 Å². The first-order valence-electron chi connectivity index (χ1n) is 12.0. The Bertz CT molecular complexity index is 1570. The molecule has 1 heterocycles. The summed E-state index contributed by atoms with van der Waals surface area (Å²) >= 11 is 1.51. The van der Waals surface area contributed by atoms with E-state index in [0.717, 1.165) is 32.3 Å². The molecule has 6 nitrogen and oxygen atoms in total. The number of para-hydroxylation sites is 2. The van der Waals surface area contributed by atoms with E-state index in [-0.39, 0.29) is 11.8 Å². The van der Waals surface area contributed by atoms with Crippen LogP contribution in [0.25, 0.3) is 21.7 Å². The van der Waals surface area contributed by atoms with Crippen molar-refractivity contribution in [2.75, 3.05) is 24.7 Å². The minimum absolute atomic E-state index is 0.0535. The lowest BCUT2D eigenvalue weighted by molar-refractivity contribution is -0.113. The predicted octanol–water partition coefficient (Wildman–Crippen LogP) is 5.96. The molecule has 4 aromatic carbocycles. The summed E-state index contributed by atoms with van der Waals surface area (Å²) in [5, 5.41) is 9.23. The highest BCUT2D eigenvalue weighted by Gasteiger charge is 2.14. The molecule has 7 heteroatoms. The molecular weight excluding hydrogens is 482 g/mol. The Morgan fingerprint density at radius 3 is 2.46 bits per heavy atom. The average molecular weight is 510 g/mol. The highest BCUT2D eigenvalue weighted by Crippen LogP contribution is 2.30. The molecule has 0 atom stereocenters. The topological polar surface area (TPSA) is 72.4 Å². The Kier molecular flexibility index (Phi) is 7.42. The average Bonchev–Trinajstić information content (AvgIpc) is 3.29. The zero-order valence-electron chi connectivity index (χ0n) is 20.4. The summed E-state index contributed by atoms with van der Waals surface area (Å²) in [7, 11) is 1.56. The van der Waals surface area contributed by atoms with Crippen LogP contribution in [0.15, 0.2) is 102 Å². The quantitative estimate of drug-likeness (QED) is 0.240. The first kappa shape index (κ1) is 24.5. The molecule has 0 saturated carbocycles. The number of nitrogens with one attached hydrogen (secondary N) is 2. The first-order chi connectivity index (χ1) is 18.1. The number of ether oxygens (including phenoxy) is 1. The van der Waals surface area contributed by atoms with Crippen LogP contribution in [0.5, 0.6) is 5.75 Å². The third-order valence-electron chi connectivity index (χ3n) is 6.16. The monoisotopic (exact) mass is 509 g/mol. The molecule has 0 aliphatic rings. The van der Waals surface area contributed by atoms with Crippen LogP contribution >= 0.6 is 11.8 Å². The van der Waals surface area contributed by atoms with Crippen molar-refractivity contribution in [3.8, 4) is 5.75 Å². The number of aromatic nitrogens is 1. The van der Waals surface area contributed by atoms with Crippen LogP contribution < -0.4 is 15.4 Å². The molecule has 0 spiro atoms. The summed E-state index contributed by atoms with van der Waals surface area (Å²) < 4.78 is 7.41. The molecule has 37 heavy (non-hydrogen) atoms. The number of hydrogen-bond donors (Lipinski definition) is 2. The van der Waals surface area contributed by atoms with Gasteiger partial charge in [0.05, 0.1) is 18.4 Å². The number of methoxy groups -OCH3 is 1. The number of fused-ring (bicyclic) bond motifs is 2. The standard InChI is InChI=1S/C30H27N3O3S/c1-36-27-16-7-5-13-24(27)30(35)31-17-18-33-19-28(23-12-4-6-15-26(23)33)37-20-29(34)32-25-14-8-10-21-9-2-3-11-22(21)25/h2-16,19H,17-18,20H2,1H3,(H,31,35)(H,32,34). The second-order valence-electron chi connectivity index (χ2n) is 8.52. The van der Waals surface area contributed by atoms with E-state index >= 15 is 0 Å². The zero-order chi connectivity index (χ0) is 25.6. The van der Waals surface area contributed by atoms with Gasteiger partial charge in [-0.25, -0.2) is 0 Å². The molecule has 0 fully saturated rings. The molecule has 2 N–H and O–H groups in total. The Balaban J connectivity index is 1.24. The number of hydrogen-bond acceptors (Lipinski definition) is 4. The van der Waals surface area contributed by atoms with Crippen molar-refractivity contribution >= 4 is 50.9 Å². The van der Waals surface area contributed by atoms with Crippen LogP contribution in [-0.2, 0) is 11.3 Å². The molecule has 0 aliphatic heterocycles. The zero-order valence-corrected chi connectivity index (χ0v) is 21.3. The molecule has 0 radical (unpaired) electrons. The number of benzene rings is 4. The van der Waals surface area contributed by atoms with Gasteiger partial charge in [0.15, 0.2) is 0 Å². The van der Waals surface area contributed by atoms with Crippen molar-refractivity contribution in [2.45, 2.75) is 11.4 Å². The van der Waals surface area contributed by atoms with Crippen LogP contribution in [0.2, 0.25) is 0 Å². The smallest absolute Gasteiger partial charge is 0.255 e. The van der Waals surface area contributed by atoms with Crippen LogP contribution in [-0.4, -0.2) is 35.8 Å². The van der Waals surface area contributed by atoms with Gasteiger partial charge >= 0.3 is 0 Å². The Hall–Kier alpha value is -4.23. The summed E-state index contributed by atoms with van der Waals surface area (Å²) in [6.45, 7) is 1.06. The van der Waals surface area contributed by atoms with E-state index in [9.17, 15) is 9.59 Å². The van der Waals surface area contributed by atoms with Gasteiger partial charge in [0, 0.05) is 46.2 Å². The molecule has 5 rings (SSSR count). The van der Waals surface area contributed by atoms with Crippen molar-refractivity contribution in [2.24, 2.45) is 0 Å². The van der Waals surface area contributed by atoms with Gasteiger partial charge in [-0.15, -0.1) is 11.8 Å². The molecule has 0 bridgehead atoms. The number of carbonyl (C=O) groups is 2. The van der Waals surface area contributed by atoms with Gasteiger partial charge in [0.25, 0.3) is 5.91 Å². The fourth-order valence-corrected chi connectivity index (χ4v) is 5.28. The molecule has 5 aromatic rings. The van der Waals surface area contributed by atoms with Crippen molar-refractivity contribution in [3.05, 3.63) is 103 Å². The molecule has 1 aromatic heterocycles. The van der Waals surface area contributed by atoms with Crippen LogP contribution in [0.3, 0.4) is 0 Å². The largest absolute Gasteiger partial charge is 0.496 e. The number of anilines is 1. The Labute approximate surface area is 219 Å². The summed E-state index contributed by atoms with van der Waals surface area (Å²) in [5.41, 5.74) is 2.39. The number of rotatable bonds is 9. The molecular formula is C30H27N3O3S. The van der Waals surface area contributed by atoms with Crippen molar-refractivity contribution in [3.63, 3.8) is 0 Å². The number of nitrogens with zero attached hydrogens (tertiary/aromatic N) is 1. The normalized spacial score (nSPS) is 10.9. The maximum Gasteiger partial charge on any atom is 0.255 e. The van der Waals surface area contributed by atoms with Crippen molar-refractivity contribution < 1.29 is 14.3 Å². The highest BCUT2D eigenvalue weighted by atomic mass is 32.2.